The highest BCUT2D eigenvalue weighted by molar-refractivity contribution is 6.47. The number of aliphatic imine (C=N–C) groups is 2. The molecule has 3 atom stereocenters. The predicted molar refractivity (Wildman–Crippen MR) is 512 cm³/mol. The van der Waals surface area contributed by atoms with Crippen molar-refractivity contribution in [1.29, 1.82) is 0 Å². The lowest BCUT2D eigenvalue weighted by atomic mass is 9.69. The number of nitrogens with one attached hydrogen (secondary N) is 3. The third-order valence-corrected chi connectivity index (χ3v) is 25.3. The first-order chi connectivity index (χ1) is 61.8. The Hall–Kier alpha value is -9.78. The van der Waals surface area contributed by atoms with Crippen molar-refractivity contribution in [1.82, 2.24) is 41.1 Å². The number of amides is 4. The molecule has 1 aromatic heterocycles. The van der Waals surface area contributed by atoms with Crippen molar-refractivity contribution in [2.75, 3.05) is 20.8 Å². The molecule has 0 bridgehead atoms. The maximum Gasteiger partial charge on any atom is 0.569 e. The van der Waals surface area contributed by atoms with Gasteiger partial charge in [0.05, 0.1) is 59.0 Å². The number of Topliss-reactive ketones (excluding diaryl/α,β-unsaturated/α-hetero) is 1. The topological polar surface area (TPSA) is 350 Å². The number of aromatic nitrogens is 4. The molecule has 33 heteroatoms. The number of carbonyl (C=O) groups is 8. The fourth-order valence-corrected chi connectivity index (χ4v) is 17.2. The maximum absolute atomic E-state index is 14.5. The number of ether oxygens (including phenoxy) is 3. The quantitative estimate of drug-likeness (QED) is 0.0176. The van der Waals surface area contributed by atoms with Crippen LogP contribution < -0.4 is 21.0 Å². The lowest BCUT2D eigenvalue weighted by Gasteiger charge is -2.47. The number of halogens is 7. The standard InChI is InChI=1S/C32H39ClFN7O2.C31H38ClFN2O3.C13H19NO2.C10H18O.C7H13NO4.C6H4BClFO2.ClH/c1-5-6-7-26(20-8-10-21(11-9-20)29(42)35-19-27-37-39-40-38-27)41-30(43)28(22-12-13-24(33)25(34)18-22)36-32(41)16-14-23(15-17-32)31(2,3)4;1-6-7-8-26(20-9-11-21(12-10-20)29(37)38-5)35-28(36)27(22-13-14-24(32)25(33)19-22)34-31(35)17-15-23(16-18-31)30(2,3)4;1-3-4-5-12(14)10-6-8-11(9-7-10)13(15)16-2;1-10(2,3)8-4-6-9(11)7-5-8;1-7(2,3)12-6(11)8-4-5(9)10;8-5-2-1-4(11-7-10)3-6(5)9;/h8-13,18,23,26H,5-7,14-17,19H2,1-4H3,(H,35,42)(H,37,38,39,40);9-14,19,23,26H,6-8,15-18H2,1-5H3;6-9,12H,3-5,14H2,1-2H3;8H,4-7H2,1-3H3;4H2,1-3H3,(H,8,11)(H,9,10);1-3,10H;1H/t23?,26-,32?;23?,26-,31?;12-;;;;/m111..../s1. The molecule has 3 aliphatic carbocycles. The molecule has 0 unspecified atom stereocenters. The Bertz CT molecular complexity index is 5000. The molecule has 0 saturated heterocycles. The fourth-order valence-electron chi connectivity index (χ4n) is 16.8. The summed E-state index contributed by atoms with van der Waals surface area (Å²) >= 11 is 17.3. The number of aliphatic carboxylic acids is 1. The number of rotatable bonds is 25. The molecule has 3 fully saturated rings. The molecule has 3 saturated carbocycles. The SMILES string of the molecule is CC(C)(C)C1CCC(=O)CC1.CC(C)(C)OC(=O)NCC(=O)O.CCCC[C@@H](N)c1ccc(C(=O)OC)cc1.CCCC[C@H](c1ccc(C(=O)NCc2nn[nH]n2)cc1)N1C(=O)C(c2ccc(Cl)c(F)c2)=NC12CCC(C(C)(C)C)CC2.CCCC[C@H](c1ccc(C(=O)OC)cc1)N1C(=O)C(c2ccc(Cl)c(F)c2)=NC12CCC(C(C)(C)C)CC2.Cl.O[B]Oc1ccc(Cl)c(F)c1. The van der Waals surface area contributed by atoms with Crippen LogP contribution in [0.25, 0.3) is 0 Å². The molecule has 7 N–H and O–H groups in total. The van der Waals surface area contributed by atoms with Gasteiger partial charge in [-0.2, -0.15) is 5.21 Å². The van der Waals surface area contributed by atoms with Gasteiger partial charge in [0.2, 0.25) is 0 Å². The average Bonchev–Trinajstić information content (AvgIpc) is 1.58. The number of hydrogen-bond donors (Lipinski definition) is 6. The van der Waals surface area contributed by atoms with Crippen LogP contribution in [0.2, 0.25) is 15.1 Å². The number of tetrazole rings is 1. The van der Waals surface area contributed by atoms with E-state index in [1.807, 2.05) is 46.2 Å². The number of unbranched alkanes of at least 4 members (excludes halogenated alkanes) is 3. The number of nitrogens with two attached hydrogens (primary N) is 1. The van der Waals surface area contributed by atoms with Gasteiger partial charge in [0.15, 0.2) is 5.82 Å². The molecule has 2 spiro atoms. The molecule has 5 aliphatic rings. The molecule has 2 aliphatic heterocycles. The smallest absolute Gasteiger partial charge is 0.537 e. The Morgan fingerprint density at radius 2 is 0.939 bits per heavy atom. The number of carbonyl (C=O) groups excluding carboxylic acids is 7. The summed E-state index contributed by atoms with van der Waals surface area (Å²) in [6.07, 6.45) is 18.5. The van der Waals surface area contributed by atoms with E-state index in [1.165, 1.54) is 50.6 Å². The first kappa shape index (κ1) is 111. The van der Waals surface area contributed by atoms with Crippen molar-refractivity contribution in [3.63, 3.8) is 0 Å². The minimum absolute atomic E-state index is 0. The Kier molecular flexibility index (Phi) is 42.9. The Balaban J connectivity index is 0.000000269. The van der Waals surface area contributed by atoms with Gasteiger partial charge in [0.25, 0.3) is 17.7 Å². The zero-order valence-electron chi connectivity index (χ0n) is 79.1. The number of benzene rings is 6. The molecule has 719 valence electrons. The van der Waals surface area contributed by atoms with Crippen molar-refractivity contribution in [3.05, 3.63) is 210 Å². The molecule has 7 aromatic rings. The summed E-state index contributed by atoms with van der Waals surface area (Å²) in [4.78, 5) is 111. The largest absolute Gasteiger partial charge is 0.569 e. The summed E-state index contributed by atoms with van der Waals surface area (Å²) in [5, 5.41) is 34.9. The number of esters is 2. The van der Waals surface area contributed by atoms with E-state index in [-0.39, 0.29) is 98.1 Å². The molecule has 132 heavy (non-hydrogen) atoms. The molecular formula is C99H132BCl4F3N11O14. The number of H-pyrrole nitrogens is 1. The van der Waals surface area contributed by atoms with Crippen molar-refractivity contribution >= 4 is 114 Å². The first-order valence-corrected chi connectivity index (χ1v) is 46.2. The van der Waals surface area contributed by atoms with E-state index in [0.717, 1.165) is 164 Å². The van der Waals surface area contributed by atoms with Crippen molar-refractivity contribution < 1.29 is 80.5 Å². The van der Waals surface area contributed by atoms with Gasteiger partial charge in [0.1, 0.15) is 63.9 Å². The van der Waals surface area contributed by atoms with Gasteiger partial charge in [-0.05, 0) is 228 Å². The highest BCUT2D eigenvalue weighted by Crippen LogP contribution is 2.53. The van der Waals surface area contributed by atoms with E-state index >= 15 is 0 Å². The van der Waals surface area contributed by atoms with Crippen molar-refractivity contribution in [3.8, 4) is 5.75 Å². The summed E-state index contributed by atoms with van der Waals surface area (Å²) in [7, 11) is 3.21. The molecular weight excluding hydrogens is 1780 g/mol. The number of hydrogen-bond acceptors (Lipinski definition) is 19. The van der Waals surface area contributed by atoms with E-state index in [0.29, 0.717) is 70.1 Å². The summed E-state index contributed by atoms with van der Waals surface area (Å²) in [5.74, 6) is -1.29. The van der Waals surface area contributed by atoms with E-state index in [2.05, 4.69) is 124 Å². The predicted octanol–water partition coefficient (Wildman–Crippen LogP) is 22.0. The van der Waals surface area contributed by atoms with E-state index in [4.69, 9.17) is 70.1 Å². The molecule has 12 rings (SSSR count). The maximum atomic E-state index is 14.5. The lowest BCUT2D eigenvalue weighted by Crippen LogP contribution is -2.51. The normalized spacial score (nSPS) is 18.5. The van der Waals surface area contributed by atoms with Gasteiger partial charge < -0.3 is 55.2 Å². The first-order valence-electron chi connectivity index (χ1n) is 45.0. The van der Waals surface area contributed by atoms with Gasteiger partial charge in [-0.15, -0.1) is 22.6 Å². The molecule has 6 aromatic carbocycles. The van der Waals surface area contributed by atoms with Crippen LogP contribution in [0.15, 0.2) is 137 Å². The van der Waals surface area contributed by atoms with Gasteiger partial charge in [-0.25, -0.2) is 27.6 Å². The third kappa shape index (κ3) is 32.2. The average molecular weight is 1910 g/mol. The lowest BCUT2D eigenvalue weighted by molar-refractivity contribution is -0.136. The Morgan fingerprint density at radius 1 is 0.553 bits per heavy atom. The third-order valence-electron chi connectivity index (χ3n) is 24.4. The zero-order valence-corrected chi connectivity index (χ0v) is 82.2. The summed E-state index contributed by atoms with van der Waals surface area (Å²) in [5.41, 5.74) is 10.7. The summed E-state index contributed by atoms with van der Waals surface area (Å²) in [6.45, 7) is 31.7. The molecule has 25 nitrogen and oxygen atoms in total. The van der Waals surface area contributed by atoms with E-state index in [1.54, 1.807) is 69.3 Å². The molecule has 1 radical (unpaired) electrons. The number of carboxylic acid groups (broad SMARTS) is 1. The van der Waals surface area contributed by atoms with Crippen LogP contribution in [0.1, 0.15) is 322 Å². The monoisotopic (exact) mass is 1910 g/mol. The minimum Gasteiger partial charge on any atom is -0.537 e. The van der Waals surface area contributed by atoms with Crippen LogP contribution in [-0.2, 0) is 39.9 Å². The van der Waals surface area contributed by atoms with Gasteiger partial charge in [-0.3, -0.25) is 34.0 Å². The van der Waals surface area contributed by atoms with Gasteiger partial charge in [0, 0.05) is 41.6 Å². The molecule has 3 heterocycles. The number of aromatic amines is 1. The number of carboxylic acids is 1. The zero-order chi connectivity index (χ0) is 96.9. The summed E-state index contributed by atoms with van der Waals surface area (Å²) < 4.78 is 60.3. The fraction of sp³-hybridized carbons (Fsp3) is 0.525. The van der Waals surface area contributed by atoms with Crippen molar-refractivity contribution in [2.24, 2.45) is 49.7 Å². The van der Waals surface area contributed by atoms with Crippen molar-refractivity contribution in [2.45, 2.75) is 280 Å². The van der Waals surface area contributed by atoms with Crippen LogP contribution in [0.3, 0.4) is 0 Å². The van der Waals surface area contributed by atoms with Crippen LogP contribution in [0.4, 0.5) is 18.0 Å². The Labute approximate surface area is 797 Å². The van der Waals surface area contributed by atoms with Crippen LogP contribution in [0.5, 0.6) is 5.75 Å². The van der Waals surface area contributed by atoms with Gasteiger partial charge >= 0.3 is 31.7 Å². The second-order valence-corrected chi connectivity index (χ2v) is 39.1. The minimum atomic E-state index is -1.10. The van der Waals surface area contributed by atoms with E-state index < -0.39 is 59.0 Å². The number of methoxy groups -OCH3 is 2. The Morgan fingerprint density at radius 3 is 1.30 bits per heavy atom. The molecule has 4 amide bonds. The second-order valence-electron chi connectivity index (χ2n) is 37.9. The summed E-state index contributed by atoms with van der Waals surface area (Å²) in [6, 6.07) is 34.4. The highest BCUT2D eigenvalue weighted by Gasteiger charge is 2.55. The number of ketones is 1. The van der Waals surface area contributed by atoms with Crippen LogP contribution in [0, 0.1) is 51.5 Å². The van der Waals surface area contributed by atoms with Crippen LogP contribution in [-0.4, -0.2) is 145 Å². The number of alkyl carbamates (subject to hydrolysis) is 1. The second kappa shape index (κ2) is 51.1. The van der Waals surface area contributed by atoms with E-state index in [9.17, 15) is 51.5 Å². The van der Waals surface area contributed by atoms with Crippen LogP contribution >= 0.6 is 47.2 Å². The highest BCUT2D eigenvalue weighted by atomic mass is 35.5. The van der Waals surface area contributed by atoms with Gasteiger partial charge in [-0.1, -0.05) is 210 Å². The number of nitrogens with zero attached hydrogens (tertiary/aromatic N) is 7.